The molecule has 0 unspecified atom stereocenters. The van der Waals surface area contributed by atoms with Crippen molar-refractivity contribution >= 4 is 22.8 Å². The summed E-state index contributed by atoms with van der Waals surface area (Å²) in [7, 11) is 1.63. The maximum Gasteiger partial charge on any atom is 0.257 e. The summed E-state index contributed by atoms with van der Waals surface area (Å²) >= 11 is 0. The van der Waals surface area contributed by atoms with Gasteiger partial charge in [0.15, 0.2) is 5.82 Å². The molecule has 6 heteroatoms. The van der Waals surface area contributed by atoms with Crippen molar-refractivity contribution in [2.45, 2.75) is 51.5 Å². The van der Waals surface area contributed by atoms with Gasteiger partial charge in [-0.2, -0.15) is 0 Å². The summed E-state index contributed by atoms with van der Waals surface area (Å²) in [6.45, 7) is 3.79. The van der Waals surface area contributed by atoms with Gasteiger partial charge in [0, 0.05) is 19.1 Å². The minimum absolute atomic E-state index is 0.0131. The average Bonchev–Trinajstić information content (AvgIpc) is 2.74. The topological polar surface area (TPSA) is 67.4 Å². The Balaban J connectivity index is 1.50. The molecular formula is C22H30N4O2. The minimum atomic E-state index is -0.0131. The third-order valence-corrected chi connectivity index (χ3v) is 6.25. The molecule has 1 saturated carbocycles. The molecule has 28 heavy (non-hydrogen) atoms. The van der Waals surface area contributed by atoms with Crippen LogP contribution in [0.3, 0.4) is 0 Å². The van der Waals surface area contributed by atoms with Gasteiger partial charge in [-0.05, 0) is 43.7 Å². The fourth-order valence-corrected chi connectivity index (χ4v) is 4.53. The molecule has 6 nitrogen and oxygen atoms in total. The van der Waals surface area contributed by atoms with Crippen LogP contribution in [0, 0.1) is 11.8 Å². The van der Waals surface area contributed by atoms with Crippen LogP contribution in [0.25, 0.3) is 11.0 Å². The van der Waals surface area contributed by atoms with Crippen molar-refractivity contribution in [1.29, 1.82) is 0 Å². The Kier molecular flexibility index (Phi) is 5.64. The summed E-state index contributed by atoms with van der Waals surface area (Å²) in [5, 5.41) is 3.34. The Morgan fingerprint density at radius 3 is 2.61 bits per heavy atom. The Bertz CT molecular complexity index is 840. The van der Waals surface area contributed by atoms with Crippen LogP contribution in [0.2, 0.25) is 0 Å². The SMILES string of the molecule is COc1nc2ccccc2nc1N1CCC[C@H](C(=O)N[C@H]2CCCC[C@H]2C)C1. The van der Waals surface area contributed by atoms with Crippen LogP contribution in [-0.4, -0.2) is 42.1 Å². The molecule has 4 rings (SSSR count). The summed E-state index contributed by atoms with van der Waals surface area (Å²) in [6, 6.07) is 8.14. The predicted molar refractivity (Wildman–Crippen MR) is 111 cm³/mol. The van der Waals surface area contributed by atoms with E-state index in [1.54, 1.807) is 7.11 Å². The molecule has 1 amide bonds. The standard InChI is InChI=1S/C22H30N4O2/c1-15-8-3-4-10-17(15)24-21(27)16-9-7-13-26(14-16)20-22(28-2)25-19-12-6-5-11-18(19)23-20/h5-6,11-12,15-17H,3-4,7-10,13-14H2,1-2H3,(H,24,27)/t15-,16+,17+/m1/s1. The molecule has 1 aromatic carbocycles. The first-order chi connectivity index (χ1) is 13.7. The minimum Gasteiger partial charge on any atom is -0.478 e. The molecule has 2 aliphatic rings. The molecule has 1 N–H and O–H groups in total. The first-order valence-electron chi connectivity index (χ1n) is 10.5. The highest BCUT2D eigenvalue weighted by atomic mass is 16.5. The second-order valence-electron chi connectivity index (χ2n) is 8.21. The molecule has 1 aliphatic heterocycles. The van der Waals surface area contributed by atoms with Crippen LogP contribution in [0.15, 0.2) is 24.3 Å². The number of ether oxygens (including phenoxy) is 1. The lowest BCUT2D eigenvalue weighted by atomic mass is 9.85. The Labute approximate surface area is 166 Å². The third-order valence-electron chi connectivity index (χ3n) is 6.25. The number of nitrogens with one attached hydrogen (secondary N) is 1. The summed E-state index contributed by atoms with van der Waals surface area (Å²) in [6.07, 6.45) is 6.71. The number of carbonyl (C=O) groups is 1. The number of anilines is 1. The molecule has 1 saturated heterocycles. The molecule has 2 fully saturated rings. The number of aromatic nitrogens is 2. The van der Waals surface area contributed by atoms with E-state index in [1.807, 2.05) is 24.3 Å². The van der Waals surface area contributed by atoms with E-state index in [-0.39, 0.29) is 11.8 Å². The van der Waals surface area contributed by atoms with E-state index in [0.29, 0.717) is 24.4 Å². The molecule has 1 aromatic heterocycles. The average molecular weight is 383 g/mol. The van der Waals surface area contributed by atoms with Crippen molar-refractivity contribution in [1.82, 2.24) is 15.3 Å². The molecule has 0 bridgehead atoms. The number of nitrogens with zero attached hydrogens (tertiary/aromatic N) is 3. The van der Waals surface area contributed by atoms with Crippen molar-refractivity contribution < 1.29 is 9.53 Å². The number of carbonyl (C=O) groups excluding carboxylic acids is 1. The lowest BCUT2D eigenvalue weighted by molar-refractivity contribution is -0.126. The molecule has 3 atom stereocenters. The van der Waals surface area contributed by atoms with Gasteiger partial charge < -0.3 is 15.0 Å². The van der Waals surface area contributed by atoms with Gasteiger partial charge in [0.2, 0.25) is 5.91 Å². The highest BCUT2D eigenvalue weighted by molar-refractivity contribution is 5.81. The molecular weight excluding hydrogens is 352 g/mol. The van der Waals surface area contributed by atoms with Crippen molar-refractivity contribution in [3.63, 3.8) is 0 Å². The van der Waals surface area contributed by atoms with E-state index < -0.39 is 0 Å². The van der Waals surface area contributed by atoms with Crippen LogP contribution in [0.4, 0.5) is 5.82 Å². The first kappa shape index (κ1) is 19.0. The zero-order chi connectivity index (χ0) is 19.5. The lowest BCUT2D eigenvalue weighted by Gasteiger charge is -2.35. The van der Waals surface area contributed by atoms with Gasteiger partial charge in [0.05, 0.1) is 24.1 Å². The number of rotatable bonds is 4. The summed E-state index contributed by atoms with van der Waals surface area (Å²) in [4.78, 5) is 24.5. The van der Waals surface area contributed by atoms with Crippen molar-refractivity contribution in [2.24, 2.45) is 11.8 Å². The molecule has 0 radical (unpaired) electrons. The first-order valence-corrected chi connectivity index (χ1v) is 10.5. The fraction of sp³-hybridized carbons (Fsp3) is 0.591. The lowest BCUT2D eigenvalue weighted by Crippen LogP contribution is -2.48. The smallest absolute Gasteiger partial charge is 0.257 e. The molecule has 1 aliphatic carbocycles. The van der Waals surface area contributed by atoms with Crippen LogP contribution in [0.1, 0.15) is 45.4 Å². The summed E-state index contributed by atoms with van der Waals surface area (Å²) in [5.41, 5.74) is 1.67. The zero-order valence-corrected chi connectivity index (χ0v) is 16.9. The third kappa shape index (κ3) is 3.91. The van der Waals surface area contributed by atoms with E-state index in [9.17, 15) is 4.79 Å². The van der Waals surface area contributed by atoms with Crippen molar-refractivity contribution in [3.05, 3.63) is 24.3 Å². The van der Waals surface area contributed by atoms with Gasteiger partial charge in [-0.3, -0.25) is 4.79 Å². The zero-order valence-electron chi connectivity index (χ0n) is 16.9. The maximum absolute atomic E-state index is 13.0. The molecule has 150 valence electrons. The van der Waals surface area contributed by atoms with Gasteiger partial charge in [-0.15, -0.1) is 0 Å². The largest absolute Gasteiger partial charge is 0.478 e. The Morgan fingerprint density at radius 1 is 1.11 bits per heavy atom. The van der Waals surface area contributed by atoms with Crippen LogP contribution in [0.5, 0.6) is 5.88 Å². The Morgan fingerprint density at radius 2 is 1.86 bits per heavy atom. The van der Waals surface area contributed by atoms with Gasteiger partial charge in [0.25, 0.3) is 5.88 Å². The van der Waals surface area contributed by atoms with Crippen LogP contribution in [-0.2, 0) is 4.79 Å². The number of methoxy groups -OCH3 is 1. The van der Waals surface area contributed by atoms with Crippen molar-refractivity contribution in [3.8, 4) is 5.88 Å². The number of amides is 1. The quantitative estimate of drug-likeness (QED) is 0.876. The second-order valence-corrected chi connectivity index (χ2v) is 8.21. The normalized spacial score (nSPS) is 25.5. The summed E-state index contributed by atoms with van der Waals surface area (Å²) in [5.74, 6) is 2.02. The number of piperidine rings is 1. The van der Waals surface area contributed by atoms with Gasteiger partial charge in [-0.1, -0.05) is 31.9 Å². The molecule has 2 aromatic rings. The van der Waals surface area contributed by atoms with Gasteiger partial charge in [0.1, 0.15) is 0 Å². The second kappa shape index (κ2) is 8.33. The summed E-state index contributed by atoms with van der Waals surface area (Å²) < 4.78 is 5.52. The molecule has 0 spiro atoms. The fourth-order valence-electron chi connectivity index (χ4n) is 4.53. The number of para-hydroxylation sites is 2. The number of fused-ring (bicyclic) bond motifs is 1. The molecule has 2 heterocycles. The van der Waals surface area contributed by atoms with E-state index >= 15 is 0 Å². The van der Waals surface area contributed by atoms with E-state index in [4.69, 9.17) is 9.72 Å². The van der Waals surface area contributed by atoms with E-state index in [1.165, 1.54) is 19.3 Å². The van der Waals surface area contributed by atoms with Crippen molar-refractivity contribution in [2.75, 3.05) is 25.1 Å². The monoisotopic (exact) mass is 382 g/mol. The number of hydrogen-bond donors (Lipinski definition) is 1. The van der Waals surface area contributed by atoms with Crippen LogP contribution >= 0.6 is 0 Å². The van der Waals surface area contributed by atoms with E-state index in [0.717, 1.165) is 42.7 Å². The van der Waals surface area contributed by atoms with E-state index in [2.05, 4.69) is 22.1 Å². The highest BCUT2D eigenvalue weighted by Crippen LogP contribution is 2.31. The highest BCUT2D eigenvalue weighted by Gasteiger charge is 2.31. The number of hydrogen-bond acceptors (Lipinski definition) is 5. The van der Waals surface area contributed by atoms with Gasteiger partial charge >= 0.3 is 0 Å². The number of benzene rings is 1. The van der Waals surface area contributed by atoms with Crippen LogP contribution < -0.4 is 15.0 Å². The van der Waals surface area contributed by atoms with Gasteiger partial charge in [-0.25, -0.2) is 9.97 Å². The maximum atomic E-state index is 13.0. The predicted octanol–water partition coefficient (Wildman–Crippen LogP) is 3.55. The Hall–Kier alpha value is -2.37.